The van der Waals surface area contributed by atoms with Crippen molar-refractivity contribution in [2.24, 2.45) is 0 Å². The maximum absolute atomic E-state index is 12.3. The van der Waals surface area contributed by atoms with E-state index >= 15 is 0 Å². The Morgan fingerprint density at radius 3 is 2.58 bits per heavy atom. The lowest BCUT2D eigenvalue weighted by atomic mass is 10.2. The molecule has 0 bridgehead atoms. The smallest absolute Gasteiger partial charge is 0.321 e. The number of hydrogen-bond acceptors (Lipinski definition) is 6. The van der Waals surface area contributed by atoms with Crippen LogP contribution in [0.15, 0.2) is 18.3 Å². The molecule has 0 radical (unpaired) electrons. The Morgan fingerprint density at radius 1 is 1.29 bits per heavy atom. The topological polar surface area (TPSA) is 106 Å². The minimum atomic E-state index is -2.89. The summed E-state index contributed by atoms with van der Waals surface area (Å²) in [6, 6.07) is 5.00. The lowest BCUT2D eigenvalue weighted by Gasteiger charge is -2.37. The Balaban J connectivity index is 1.51. The van der Waals surface area contributed by atoms with Gasteiger partial charge in [0.15, 0.2) is 9.84 Å². The lowest BCUT2D eigenvalue weighted by Crippen LogP contribution is -2.53. The van der Waals surface area contributed by atoms with Crippen molar-refractivity contribution in [2.75, 3.05) is 43.0 Å². The van der Waals surface area contributed by atoms with Gasteiger partial charge in [-0.25, -0.2) is 18.2 Å². The molecule has 2 saturated heterocycles. The van der Waals surface area contributed by atoms with Gasteiger partial charge in [-0.15, -0.1) is 0 Å². The monoisotopic (exact) mass is 349 g/mol. The lowest BCUT2D eigenvalue weighted by molar-refractivity contribution is 0.121. The molecule has 0 aromatic carbocycles. The summed E-state index contributed by atoms with van der Waals surface area (Å²) < 4.78 is 23.2. The summed E-state index contributed by atoms with van der Waals surface area (Å²) in [6.45, 7) is 2.48. The summed E-state index contributed by atoms with van der Waals surface area (Å²) in [7, 11) is -2.89. The summed E-state index contributed by atoms with van der Waals surface area (Å²) in [5.41, 5.74) is 0.844. The number of anilines is 1. The van der Waals surface area contributed by atoms with Crippen LogP contribution >= 0.6 is 0 Å². The first-order valence-electron chi connectivity index (χ1n) is 7.83. The molecule has 2 aliphatic heterocycles. The first-order valence-corrected chi connectivity index (χ1v) is 9.65. The summed E-state index contributed by atoms with van der Waals surface area (Å²) >= 11 is 0. The van der Waals surface area contributed by atoms with Gasteiger partial charge in [-0.3, -0.25) is 4.90 Å². The zero-order valence-electron chi connectivity index (χ0n) is 13.2. The van der Waals surface area contributed by atoms with Crippen molar-refractivity contribution in [2.45, 2.75) is 12.5 Å². The molecular formula is C15H19N5O3S. The van der Waals surface area contributed by atoms with Gasteiger partial charge in [0.25, 0.3) is 0 Å². The van der Waals surface area contributed by atoms with Gasteiger partial charge in [0.05, 0.1) is 23.4 Å². The van der Waals surface area contributed by atoms with Gasteiger partial charge in [-0.1, -0.05) is 0 Å². The predicted octanol–water partition coefficient (Wildman–Crippen LogP) is 0.290. The zero-order chi connectivity index (χ0) is 17.2. The van der Waals surface area contributed by atoms with Gasteiger partial charge in [0, 0.05) is 32.2 Å². The molecule has 2 aliphatic rings. The van der Waals surface area contributed by atoms with Crippen molar-refractivity contribution >= 4 is 21.6 Å². The maximum Gasteiger partial charge on any atom is 0.321 e. The summed E-state index contributed by atoms with van der Waals surface area (Å²) in [4.78, 5) is 20.0. The molecule has 3 rings (SSSR count). The minimum Gasteiger partial charge on any atom is -0.322 e. The quantitative estimate of drug-likeness (QED) is 0.822. The van der Waals surface area contributed by atoms with E-state index in [9.17, 15) is 13.2 Å². The van der Waals surface area contributed by atoms with Gasteiger partial charge in [-0.05, 0) is 18.6 Å². The van der Waals surface area contributed by atoms with E-state index in [4.69, 9.17) is 5.26 Å². The molecule has 3 heterocycles. The normalized spacial score (nSPS) is 23.6. The third-order valence-corrected chi connectivity index (χ3v) is 6.21. The fourth-order valence-electron chi connectivity index (χ4n) is 3.09. The van der Waals surface area contributed by atoms with Crippen LogP contribution in [0.25, 0.3) is 0 Å². The number of nitriles is 1. The van der Waals surface area contributed by atoms with Crippen LogP contribution in [0.3, 0.4) is 0 Å². The van der Waals surface area contributed by atoms with E-state index in [1.165, 1.54) is 6.20 Å². The van der Waals surface area contributed by atoms with Gasteiger partial charge >= 0.3 is 6.03 Å². The van der Waals surface area contributed by atoms with Crippen molar-refractivity contribution in [3.63, 3.8) is 0 Å². The largest absolute Gasteiger partial charge is 0.322 e. The van der Waals surface area contributed by atoms with Crippen molar-refractivity contribution < 1.29 is 13.2 Å². The Hall–Kier alpha value is -2.18. The maximum atomic E-state index is 12.3. The van der Waals surface area contributed by atoms with Gasteiger partial charge in [0.2, 0.25) is 0 Å². The number of piperazine rings is 1. The standard InChI is InChI=1S/C15H19N5O3S/c16-9-12-1-2-13(10-17-12)18-15(21)20-6-4-19(5-7-20)14-3-8-24(22,23)11-14/h1-2,10,14H,3-8,11H2,(H,18,21)/t14-/m1/s1. The molecule has 0 spiro atoms. The average Bonchev–Trinajstić information content (AvgIpc) is 2.95. The Morgan fingerprint density at radius 2 is 2.04 bits per heavy atom. The first kappa shape index (κ1) is 16.7. The van der Waals surface area contributed by atoms with Crippen LogP contribution in [-0.4, -0.2) is 73.0 Å². The number of hydrogen-bond donors (Lipinski definition) is 1. The highest BCUT2D eigenvalue weighted by molar-refractivity contribution is 7.91. The molecule has 24 heavy (non-hydrogen) atoms. The number of pyridine rings is 1. The van der Waals surface area contributed by atoms with Gasteiger partial charge < -0.3 is 10.2 Å². The van der Waals surface area contributed by atoms with Crippen LogP contribution in [0.1, 0.15) is 12.1 Å². The third kappa shape index (κ3) is 3.83. The number of carbonyl (C=O) groups is 1. The van der Waals surface area contributed by atoms with E-state index in [1.807, 2.05) is 6.07 Å². The van der Waals surface area contributed by atoms with E-state index in [0.29, 0.717) is 44.0 Å². The first-order chi connectivity index (χ1) is 11.5. The molecule has 0 saturated carbocycles. The van der Waals surface area contributed by atoms with Crippen molar-refractivity contribution in [3.8, 4) is 6.07 Å². The number of nitrogens with zero attached hydrogens (tertiary/aromatic N) is 4. The second-order valence-electron chi connectivity index (χ2n) is 6.05. The highest BCUT2D eigenvalue weighted by Gasteiger charge is 2.34. The van der Waals surface area contributed by atoms with Crippen LogP contribution in [0.4, 0.5) is 10.5 Å². The van der Waals surface area contributed by atoms with Crippen molar-refractivity contribution in [1.29, 1.82) is 5.26 Å². The number of urea groups is 1. The molecular weight excluding hydrogens is 330 g/mol. The second kappa shape index (κ2) is 6.75. The number of amides is 2. The van der Waals surface area contributed by atoms with Crippen LogP contribution in [0.5, 0.6) is 0 Å². The van der Waals surface area contributed by atoms with Crippen LogP contribution in [-0.2, 0) is 9.84 Å². The molecule has 2 amide bonds. The van der Waals surface area contributed by atoms with E-state index in [0.717, 1.165) is 0 Å². The summed E-state index contributed by atoms with van der Waals surface area (Å²) in [6.07, 6.45) is 2.14. The predicted molar refractivity (Wildman–Crippen MR) is 88.2 cm³/mol. The summed E-state index contributed by atoms with van der Waals surface area (Å²) in [5, 5.41) is 11.5. The number of rotatable bonds is 2. The molecule has 1 aromatic heterocycles. The average molecular weight is 349 g/mol. The number of carbonyl (C=O) groups excluding carboxylic acids is 1. The van der Waals surface area contributed by atoms with E-state index in [1.54, 1.807) is 17.0 Å². The highest BCUT2D eigenvalue weighted by atomic mass is 32.2. The van der Waals surface area contributed by atoms with E-state index in [-0.39, 0.29) is 23.6 Å². The second-order valence-corrected chi connectivity index (χ2v) is 8.28. The fraction of sp³-hybridized carbons (Fsp3) is 0.533. The van der Waals surface area contributed by atoms with Crippen molar-refractivity contribution in [3.05, 3.63) is 24.0 Å². The molecule has 1 aromatic rings. The van der Waals surface area contributed by atoms with Crippen LogP contribution in [0, 0.1) is 11.3 Å². The molecule has 0 aliphatic carbocycles. The molecule has 128 valence electrons. The zero-order valence-corrected chi connectivity index (χ0v) is 14.0. The van der Waals surface area contributed by atoms with Gasteiger partial charge in [0.1, 0.15) is 11.8 Å². The van der Waals surface area contributed by atoms with E-state index in [2.05, 4.69) is 15.2 Å². The number of nitrogens with one attached hydrogen (secondary N) is 1. The Bertz CT molecular complexity index is 748. The van der Waals surface area contributed by atoms with E-state index < -0.39 is 9.84 Å². The molecule has 2 fully saturated rings. The molecule has 8 nitrogen and oxygen atoms in total. The number of aromatic nitrogens is 1. The fourth-order valence-corrected chi connectivity index (χ4v) is 4.85. The van der Waals surface area contributed by atoms with Crippen LogP contribution < -0.4 is 5.32 Å². The molecule has 9 heteroatoms. The molecule has 0 unspecified atom stereocenters. The summed E-state index contributed by atoms with van der Waals surface area (Å²) in [5.74, 6) is 0.500. The molecule has 1 atom stereocenters. The number of sulfone groups is 1. The van der Waals surface area contributed by atoms with Crippen LogP contribution in [0.2, 0.25) is 0 Å². The Labute approximate surface area is 141 Å². The highest BCUT2D eigenvalue weighted by Crippen LogP contribution is 2.19. The Kier molecular flexibility index (Phi) is 4.69. The third-order valence-electron chi connectivity index (χ3n) is 4.46. The minimum absolute atomic E-state index is 0.0861. The van der Waals surface area contributed by atoms with Crippen molar-refractivity contribution in [1.82, 2.24) is 14.8 Å². The SMILES string of the molecule is N#Cc1ccc(NC(=O)N2CCN([C@@H]3CCS(=O)(=O)C3)CC2)cn1. The molecule has 1 N–H and O–H groups in total. The van der Waals surface area contributed by atoms with Gasteiger partial charge in [-0.2, -0.15) is 5.26 Å².